The van der Waals surface area contributed by atoms with E-state index in [9.17, 15) is 9.59 Å². The normalized spacial score (nSPS) is 17.3. The zero-order valence-corrected chi connectivity index (χ0v) is 17.5. The summed E-state index contributed by atoms with van der Waals surface area (Å²) in [6.45, 7) is 7.98. The highest BCUT2D eigenvalue weighted by atomic mass is 32.1. The summed E-state index contributed by atoms with van der Waals surface area (Å²) in [6.07, 6.45) is 1.90. The predicted molar refractivity (Wildman–Crippen MR) is 109 cm³/mol. The van der Waals surface area contributed by atoms with Crippen LogP contribution in [0.15, 0.2) is 24.3 Å². The quantitative estimate of drug-likeness (QED) is 0.830. The zero-order chi connectivity index (χ0) is 20.3. The monoisotopic (exact) mass is 402 g/mol. The number of ether oxygens (including phenoxy) is 1. The van der Waals surface area contributed by atoms with Gasteiger partial charge in [0.25, 0.3) is 0 Å². The summed E-state index contributed by atoms with van der Waals surface area (Å²) in [6, 6.07) is 7.34. The molecule has 1 fully saturated rings. The molecule has 28 heavy (non-hydrogen) atoms. The Balaban J connectivity index is 1.69. The van der Waals surface area contributed by atoms with Gasteiger partial charge in [0.05, 0.1) is 0 Å². The molecule has 0 saturated carbocycles. The lowest BCUT2D eigenvalue weighted by Gasteiger charge is -2.35. The van der Waals surface area contributed by atoms with Gasteiger partial charge in [-0.2, -0.15) is 9.36 Å². The second-order valence-corrected chi connectivity index (χ2v) is 8.72. The van der Waals surface area contributed by atoms with Crippen molar-refractivity contribution >= 4 is 28.7 Å². The second-order valence-electron chi connectivity index (χ2n) is 7.96. The van der Waals surface area contributed by atoms with E-state index in [1.165, 1.54) is 4.90 Å². The van der Waals surface area contributed by atoms with Crippen molar-refractivity contribution in [2.45, 2.75) is 58.6 Å². The summed E-state index contributed by atoms with van der Waals surface area (Å²) in [5.41, 5.74) is 1.46. The smallest absolute Gasteiger partial charge is 0.410 e. The Bertz CT molecular complexity index is 842. The molecule has 8 heteroatoms. The fraction of sp³-hybridized carbons (Fsp3) is 0.500. The number of hydrogen-bond acceptors (Lipinski definition) is 6. The highest BCUT2D eigenvalue weighted by Crippen LogP contribution is 2.24. The van der Waals surface area contributed by atoms with Gasteiger partial charge in [-0.1, -0.05) is 29.8 Å². The van der Waals surface area contributed by atoms with Crippen molar-refractivity contribution in [2.75, 3.05) is 11.9 Å². The Morgan fingerprint density at radius 3 is 2.61 bits per heavy atom. The van der Waals surface area contributed by atoms with Crippen LogP contribution in [0.3, 0.4) is 0 Å². The van der Waals surface area contributed by atoms with E-state index in [1.807, 2.05) is 52.0 Å². The summed E-state index contributed by atoms with van der Waals surface area (Å²) in [5.74, 6) is 0.324. The Hall–Kier alpha value is -2.48. The van der Waals surface area contributed by atoms with E-state index >= 15 is 0 Å². The molecule has 1 N–H and O–H groups in total. The number of aryl methyl sites for hydroxylation is 1. The first-order chi connectivity index (χ1) is 13.2. The molecule has 1 aliphatic heterocycles. The fourth-order valence-electron chi connectivity index (χ4n) is 3.03. The van der Waals surface area contributed by atoms with E-state index in [0.29, 0.717) is 23.9 Å². The molecule has 1 aromatic carbocycles. The number of benzene rings is 1. The van der Waals surface area contributed by atoms with Crippen LogP contribution >= 0.6 is 11.5 Å². The Labute approximate surface area is 169 Å². The van der Waals surface area contributed by atoms with Gasteiger partial charge in [-0.05, 0) is 47.0 Å². The van der Waals surface area contributed by atoms with Gasteiger partial charge in [-0.15, -0.1) is 0 Å². The van der Waals surface area contributed by atoms with Crippen LogP contribution in [0, 0.1) is 6.92 Å². The molecule has 2 aromatic rings. The van der Waals surface area contributed by atoms with Crippen LogP contribution in [0.2, 0.25) is 0 Å². The van der Waals surface area contributed by atoms with Crippen LogP contribution < -0.4 is 5.32 Å². The minimum atomic E-state index is -0.599. The molecular weight excluding hydrogens is 376 g/mol. The van der Waals surface area contributed by atoms with E-state index < -0.39 is 17.7 Å². The summed E-state index contributed by atoms with van der Waals surface area (Å²) in [7, 11) is 0. The number of rotatable bonds is 3. The van der Waals surface area contributed by atoms with Crippen molar-refractivity contribution in [3.8, 4) is 11.4 Å². The standard InChI is InChI=1S/C20H26N4O3S/c1-13-8-10-14(11-9-13)16-21-18(28-23-16)22-17(25)15-7-5-6-12-24(15)19(26)27-20(2,3)4/h8-11,15H,5-7,12H2,1-4H3,(H,21,22,23,25)/t15-/m0/s1. The lowest BCUT2D eigenvalue weighted by atomic mass is 10.0. The van der Waals surface area contributed by atoms with Gasteiger partial charge < -0.3 is 4.74 Å². The lowest BCUT2D eigenvalue weighted by Crippen LogP contribution is -2.51. The maximum Gasteiger partial charge on any atom is 0.410 e. The average Bonchev–Trinajstić information content (AvgIpc) is 3.09. The van der Waals surface area contributed by atoms with E-state index in [0.717, 1.165) is 35.5 Å². The molecule has 1 aliphatic rings. The lowest BCUT2D eigenvalue weighted by molar-refractivity contribution is -0.122. The molecule has 3 rings (SSSR count). The van der Waals surface area contributed by atoms with Crippen LogP contribution in [0.25, 0.3) is 11.4 Å². The van der Waals surface area contributed by atoms with Crippen molar-refractivity contribution in [1.29, 1.82) is 0 Å². The molecule has 0 bridgehead atoms. The van der Waals surface area contributed by atoms with Gasteiger partial charge in [-0.25, -0.2) is 4.79 Å². The average molecular weight is 403 g/mol. The van der Waals surface area contributed by atoms with Crippen LogP contribution in [-0.4, -0.2) is 44.4 Å². The Morgan fingerprint density at radius 2 is 1.93 bits per heavy atom. The number of anilines is 1. The maximum absolute atomic E-state index is 12.8. The third-order valence-corrected chi connectivity index (χ3v) is 5.03. The number of amides is 2. The molecule has 2 amide bonds. The van der Waals surface area contributed by atoms with Gasteiger partial charge in [0.1, 0.15) is 11.6 Å². The molecule has 2 heterocycles. The van der Waals surface area contributed by atoms with Gasteiger partial charge in [-0.3, -0.25) is 15.0 Å². The summed E-state index contributed by atoms with van der Waals surface area (Å²) in [5, 5.41) is 3.24. The highest BCUT2D eigenvalue weighted by molar-refractivity contribution is 7.10. The van der Waals surface area contributed by atoms with Gasteiger partial charge in [0.2, 0.25) is 11.0 Å². The van der Waals surface area contributed by atoms with Crippen molar-refractivity contribution < 1.29 is 14.3 Å². The first-order valence-corrected chi connectivity index (χ1v) is 10.2. The third kappa shape index (κ3) is 5.07. The minimum Gasteiger partial charge on any atom is -0.444 e. The number of piperidine rings is 1. The zero-order valence-electron chi connectivity index (χ0n) is 16.7. The molecule has 0 unspecified atom stereocenters. The summed E-state index contributed by atoms with van der Waals surface area (Å²) in [4.78, 5) is 31.2. The molecule has 150 valence electrons. The summed E-state index contributed by atoms with van der Waals surface area (Å²) < 4.78 is 9.79. The largest absolute Gasteiger partial charge is 0.444 e. The number of carbonyl (C=O) groups is 2. The molecule has 1 aromatic heterocycles. The highest BCUT2D eigenvalue weighted by Gasteiger charge is 2.35. The van der Waals surface area contributed by atoms with Crippen molar-refractivity contribution in [3.63, 3.8) is 0 Å². The number of likely N-dealkylation sites (tertiary alicyclic amines) is 1. The number of aromatic nitrogens is 2. The SMILES string of the molecule is Cc1ccc(-c2nsc(NC(=O)[C@@H]3CCCCN3C(=O)OC(C)(C)C)n2)cc1. The Morgan fingerprint density at radius 1 is 1.21 bits per heavy atom. The molecule has 0 radical (unpaired) electrons. The van der Waals surface area contributed by atoms with Gasteiger partial charge >= 0.3 is 6.09 Å². The van der Waals surface area contributed by atoms with E-state index in [-0.39, 0.29) is 5.91 Å². The maximum atomic E-state index is 12.8. The molecule has 1 atom stereocenters. The van der Waals surface area contributed by atoms with Crippen molar-refractivity contribution in [3.05, 3.63) is 29.8 Å². The molecular formula is C20H26N4O3S. The van der Waals surface area contributed by atoms with Gasteiger partial charge in [0, 0.05) is 23.6 Å². The first kappa shape index (κ1) is 20.3. The number of nitrogens with one attached hydrogen (secondary N) is 1. The Kier molecular flexibility index (Phi) is 5.98. The summed E-state index contributed by atoms with van der Waals surface area (Å²) >= 11 is 1.13. The minimum absolute atomic E-state index is 0.253. The van der Waals surface area contributed by atoms with Crippen LogP contribution in [-0.2, 0) is 9.53 Å². The van der Waals surface area contributed by atoms with Crippen LogP contribution in [0.4, 0.5) is 9.93 Å². The molecule has 0 spiro atoms. The molecule has 1 saturated heterocycles. The fourth-order valence-corrected chi connectivity index (χ4v) is 3.62. The molecule has 0 aliphatic carbocycles. The van der Waals surface area contributed by atoms with E-state index in [2.05, 4.69) is 14.7 Å². The van der Waals surface area contributed by atoms with Crippen molar-refractivity contribution in [2.24, 2.45) is 0 Å². The second kappa shape index (κ2) is 8.26. The molecule has 7 nitrogen and oxygen atoms in total. The first-order valence-electron chi connectivity index (χ1n) is 9.44. The van der Waals surface area contributed by atoms with E-state index in [4.69, 9.17) is 4.74 Å². The van der Waals surface area contributed by atoms with Crippen LogP contribution in [0.5, 0.6) is 0 Å². The number of carbonyl (C=O) groups excluding carboxylic acids is 2. The number of nitrogens with zero attached hydrogens (tertiary/aromatic N) is 3. The van der Waals surface area contributed by atoms with Gasteiger partial charge in [0.15, 0.2) is 5.82 Å². The van der Waals surface area contributed by atoms with E-state index in [1.54, 1.807) is 0 Å². The topological polar surface area (TPSA) is 84.4 Å². The van der Waals surface area contributed by atoms with Crippen LogP contribution in [0.1, 0.15) is 45.6 Å². The predicted octanol–water partition coefficient (Wildman–Crippen LogP) is 4.24. The van der Waals surface area contributed by atoms with Crippen molar-refractivity contribution in [1.82, 2.24) is 14.3 Å². The third-order valence-electron chi connectivity index (χ3n) is 4.40. The number of hydrogen-bond donors (Lipinski definition) is 1.